The fourth-order valence-electron chi connectivity index (χ4n) is 8.76. The Hall–Kier alpha value is -7.10. The van der Waals surface area contributed by atoms with Gasteiger partial charge in [0.15, 0.2) is 0 Å². The molecule has 0 spiro atoms. The Morgan fingerprint density at radius 1 is 0.455 bits per heavy atom. The molecule has 2 aromatic heterocycles. The van der Waals surface area contributed by atoms with Gasteiger partial charge in [-0.1, -0.05) is 120 Å². The zero-order valence-electron chi connectivity index (χ0n) is 30.6. The molecule has 0 bridgehead atoms. The average Bonchev–Trinajstić information content (AvgIpc) is 3.77. The normalized spacial score (nSPS) is 11.8. The number of hydrogen-bond acceptors (Lipinski definition) is 2. The van der Waals surface area contributed by atoms with E-state index in [1.54, 1.807) is 0 Å². The number of nitrogens with zero attached hydrogens (tertiary/aromatic N) is 2. The number of aryl methyl sites for hydroxylation is 2. The van der Waals surface area contributed by atoms with Crippen molar-refractivity contribution < 1.29 is 4.42 Å². The molecule has 11 rings (SSSR count). The van der Waals surface area contributed by atoms with Crippen molar-refractivity contribution in [3.8, 4) is 16.8 Å². The van der Waals surface area contributed by atoms with Crippen molar-refractivity contribution in [1.82, 2.24) is 4.57 Å². The second-order valence-electron chi connectivity index (χ2n) is 14.7. The third-order valence-electron chi connectivity index (χ3n) is 11.3. The van der Waals surface area contributed by atoms with Crippen molar-refractivity contribution in [3.63, 3.8) is 0 Å². The fraction of sp³-hybridized carbons (Fsp3) is 0.0385. The molecule has 0 amide bonds. The lowest BCUT2D eigenvalue weighted by molar-refractivity contribution is 0.672. The first-order valence-corrected chi connectivity index (χ1v) is 18.9. The lowest BCUT2D eigenvalue weighted by Gasteiger charge is -2.28. The summed E-state index contributed by atoms with van der Waals surface area (Å²) in [5.41, 5.74) is 13.5. The highest BCUT2D eigenvalue weighted by Gasteiger charge is 2.23. The summed E-state index contributed by atoms with van der Waals surface area (Å²) in [7, 11) is 0. The third-order valence-corrected chi connectivity index (χ3v) is 11.3. The summed E-state index contributed by atoms with van der Waals surface area (Å²) in [4.78, 5) is 2.42. The predicted octanol–water partition coefficient (Wildman–Crippen LogP) is 14.7. The minimum atomic E-state index is 0.867. The van der Waals surface area contributed by atoms with Crippen LogP contribution in [0.2, 0.25) is 0 Å². The van der Waals surface area contributed by atoms with Gasteiger partial charge in [-0.15, -0.1) is 0 Å². The number of furan rings is 1. The molecule has 260 valence electrons. The standard InChI is InChI=1S/C52H36N2O/c1-33-19-28-47-44(31-33)45-32-34(2)20-29-48(45)53(47)37-22-24-38(25-23-37)54(46-30-27-39(35-11-4-3-5-12-35)41-15-8-9-16-42(41)46)49-17-10-18-50-51(49)43-26-21-36-13-6-7-14-40(36)52(43)55-50/h3-32H,1-2H3. The van der Waals surface area contributed by atoms with Crippen LogP contribution >= 0.6 is 0 Å². The lowest BCUT2D eigenvalue weighted by Crippen LogP contribution is -2.11. The van der Waals surface area contributed by atoms with E-state index in [4.69, 9.17) is 4.42 Å². The molecular weight excluding hydrogens is 669 g/mol. The molecule has 0 aliphatic heterocycles. The van der Waals surface area contributed by atoms with E-state index in [0.29, 0.717) is 0 Å². The molecule has 0 radical (unpaired) electrons. The molecule has 0 N–H and O–H groups in total. The lowest BCUT2D eigenvalue weighted by atomic mass is 9.96. The van der Waals surface area contributed by atoms with Crippen LogP contribution in [0.4, 0.5) is 17.1 Å². The Balaban J connectivity index is 1.17. The second-order valence-corrected chi connectivity index (χ2v) is 14.7. The van der Waals surface area contributed by atoms with E-state index < -0.39 is 0 Å². The van der Waals surface area contributed by atoms with Gasteiger partial charge < -0.3 is 13.9 Å². The van der Waals surface area contributed by atoms with Gasteiger partial charge in [-0.3, -0.25) is 0 Å². The van der Waals surface area contributed by atoms with Crippen molar-refractivity contribution in [2.24, 2.45) is 0 Å². The van der Waals surface area contributed by atoms with E-state index in [1.807, 2.05) is 0 Å². The van der Waals surface area contributed by atoms with E-state index in [2.05, 4.69) is 205 Å². The molecule has 0 saturated carbocycles. The first-order valence-electron chi connectivity index (χ1n) is 18.9. The minimum absolute atomic E-state index is 0.867. The fourth-order valence-corrected chi connectivity index (χ4v) is 8.76. The van der Waals surface area contributed by atoms with Crippen molar-refractivity contribution in [2.45, 2.75) is 13.8 Å². The average molecular weight is 705 g/mol. The van der Waals surface area contributed by atoms with Crippen LogP contribution in [-0.2, 0) is 0 Å². The number of benzene rings is 9. The largest absolute Gasteiger partial charge is 0.455 e. The van der Waals surface area contributed by atoms with Crippen LogP contribution in [0.5, 0.6) is 0 Å². The van der Waals surface area contributed by atoms with Crippen LogP contribution in [0.1, 0.15) is 11.1 Å². The zero-order chi connectivity index (χ0) is 36.6. The molecule has 0 aliphatic carbocycles. The van der Waals surface area contributed by atoms with Gasteiger partial charge >= 0.3 is 0 Å². The summed E-state index contributed by atoms with van der Waals surface area (Å²) in [6.07, 6.45) is 0. The maximum Gasteiger partial charge on any atom is 0.143 e. The predicted molar refractivity (Wildman–Crippen MR) is 233 cm³/mol. The Bertz CT molecular complexity index is 3220. The molecule has 11 aromatic rings. The number of rotatable bonds is 5. The van der Waals surface area contributed by atoms with Gasteiger partial charge in [0.05, 0.1) is 27.8 Å². The van der Waals surface area contributed by atoms with Gasteiger partial charge in [0.1, 0.15) is 11.2 Å². The molecule has 9 aromatic carbocycles. The molecule has 0 fully saturated rings. The van der Waals surface area contributed by atoms with Crippen LogP contribution in [0.15, 0.2) is 186 Å². The van der Waals surface area contributed by atoms with E-state index in [0.717, 1.165) is 50.1 Å². The van der Waals surface area contributed by atoms with Crippen molar-refractivity contribution in [1.29, 1.82) is 0 Å². The molecule has 0 atom stereocenters. The SMILES string of the molecule is Cc1ccc2c(c1)c1cc(C)ccc1n2-c1ccc(N(c2ccc(-c3ccccc3)c3ccccc23)c2cccc3oc4c5ccccc5ccc4c23)cc1. The van der Waals surface area contributed by atoms with E-state index >= 15 is 0 Å². The summed E-state index contributed by atoms with van der Waals surface area (Å²) >= 11 is 0. The Kier molecular flexibility index (Phi) is 6.99. The highest BCUT2D eigenvalue weighted by molar-refractivity contribution is 6.20. The summed E-state index contributed by atoms with van der Waals surface area (Å²) in [5, 5.41) is 9.42. The highest BCUT2D eigenvalue weighted by Crippen LogP contribution is 2.47. The van der Waals surface area contributed by atoms with Crippen molar-refractivity contribution in [3.05, 3.63) is 193 Å². The maximum absolute atomic E-state index is 6.73. The van der Waals surface area contributed by atoms with Gasteiger partial charge in [0.25, 0.3) is 0 Å². The van der Waals surface area contributed by atoms with Crippen molar-refractivity contribution in [2.75, 3.05) is 4.90 Å². The molecular formula is C52H36N2O. The summed E-state index contributed by atoms with van der Waals surface area (Å²) < 4.78 is 9.13. The summed E-state index contributed by atoms with van der Waals surface area (Å²) in [5.74, 6) is 0. The molecule has 3 nitrogen and oxygen atoms in total. The maximum atomic E-state index is 6.73. The van der Waals surface area contributed by atoms with Gasteiger partial charge in [0.2, 0.25) is 0 Å². The number of fused-ring (bicyclic) bond motifs is 9. The monoisotopic (exact) mass is 704 g/mol. The molecule has 0 saturated heterocycles. The van der Waals surface area contributed by atoms with Gasteiger partial charge in [-0.05, 0) is 109 Å². The van der Waals surface area contributed by atoms with Crippen molar-refractivity contribution >= 4 is 82.4 Å². The van der Waals surface area contributed by atoms with Crippen LogP contribution in [0.25, 0.3) is 82.1 Å². The smallest absolute Gasteiger partial charge is 0.143 e. The first-order chi connectivity index (χ1) is 27.1. The second kappa shape index (κ2) is 12.2. The Morgan fingerprint density at radius 2 is 1.13 bits per heavy atom. The molecule has 3 heteroatoms. The summed E-state index contributed by atoms with van der Waals surface area (Å²) in [6.45, 7) is 4.34. The van der Waals surface area contributed by atoms with Crippen LogP contribution in [-0.4, -0.2) is 4.57 Å². The number of anilines is 3. The van der Waals surface area contributed by atoms with Gasteiger partial charge in [-0.2, -0.15) is 0 Å². The van der Waals surface area contributed by atoms with E-state index in [9.17, 15) is 0 Å². The summed E-state index contributed by atoms with van der Waals surface area (Å²) in [6, 6.07) is 66.0. The van der Waals surface area contributed by atoms with Crippen LogP contribution in [0.3, 0.4) is 0 Å². The Morgan fingerprint density at radius 3 is 1.87 bits per heavy atom. The first kappa shape index (κ1) is 31.4. The third kappa shape index (κ3) is 4.90. The molecule has 0 unspecified atom stereocenters. The molecule has 0 aliphatic rings. The zero-order valence-corrected chi connectivity index (χ0v) is 30.6. The Labute approximate surface area is 318 Å². The van der Waals surface area contributed by atoms with Crippen LogP contribution < -0.4 is 4.90 Å². The van der Waals surface area contributed by atoms with Gasteiger partial charge in [-0.25, -0.2) is 0 Å². The molecule has 55 heavy (non-hydrogen) atoms. The minimum Gasteiger partial charge on any atom is -0.455 e. The van der Waals surface area contributed by atoms with Gasteiger partial charge in [0, 0.05) is 38.3 Å². The highest BCUT2D eigenvalue weighted by atomic mass is 16.3. The van der Waals surface area contributed by atoms with E-state index in [-0.39, 0.29) is 0 Å². The quantitative estimate of drug-likeness (QED) is 0.178. The number of hydrogen-bond donors (Lipinski definition) is 0. The molecule has 2 heterocycles. The topological polar surface area (TPSA) is 21.3 Å². The number of aromatic nitrogens is 1. The van der Waals surface area contributed by atoms with Crippen LogP contribution in [0, 0.1) is 13.8 Å². The van der Waals surface area contributed by atoms with E-state index in [1.165, 1.54) is 60.2 Å².